The summed E-state index contributed by atoms with van der Waals surface area (Å²) in [6.45, 7) is 11.0. The first-order valence-corrected chi connectivity index (χ1v) is 5.25. The van der Waals surface area contributed by atoms with E-state index in [0.717, 1.165) is 0 Å². The number of rotatable bonds is 2. The van der Waals surface area contributed by atoms with Crippen molar-refractivity contribution in [1.82, 2.24) is 5.06 Å². The molecule has 1 fully saturated rings. The van der Waals surface area contributed by atoms with E-state index in [2.05, 4.69) is 34.6 Å². The summed E-state index contributed by atoms with van der Waals surface area (Å²) in [5.41, 5.74) is -0.127. The molecule has 1 aliphatic heterocycles. The molecular weight excluding hydrogens is 178 g/mol. The Morgan fingerprint density at radius 3 is 1.93 bits per heavy atom. The van der Waals surface area contributed by atoms with E-state index in [9.17, 15) is 5.11 Å². The minimum Gasteiger partial charge on any atom is -0.396 e. The smallest absolute Gasteiger partial charge is 0.0575 e. The predicted octanol–water partition coefficient (Wildman–Crippen LogP) is 1.67. The molecule has 0 aromatic heterocycles. The molecule has 0 bridgehead atoms. The molecule has 0 aliphatic carbocycles. The number of aliphatic hydroxyl groups excluding tert-OH is 1. The molecule has 3 heteroatoms. The number of hydrogen-bond acceptors (Lipinski definition) is 3. The van der Waals surface area contributed by atoms with E-state index in [1.54, 1.807) is 7.11 Å². The highest BCUT2D eigenvalue weighted by Crippen LogP contribution is 2.48. The van der Waals surface area contributed by atoms with E-state index in [1.807, 2.05) is 5.06 Å². The van der Waals surface area contributed by atoms with Crippen molar-refractivity contribution in [2.75, 3.05) is 13.7 Å². The van der Waals surface area contributed by atoms with Gasteiger partial charge in [0, 0.05) is 23.6 Å². The number of hydroxylamine groups is 2. The molecule has 2 unspecified atom stereocenters. The Balaban J connectivity index is 3.07. The van der Waals surface area contributed by atoms with Crippen LogP contribution in [0.5, 0.6) is 0 Å². The zero-order chi connectivity index (χ0) is 11.1. The molecule has 0 radical (unpaired) electrons. The van der Waals surface area contributed by atoms with Crippen LogP contribution in [-0.4, -0.2) is 35.0 Å². The van der Waals surface area contributed by atoms with Crippen molar-refractivity contribution in [1.29, 1.82) is 0 Å². The van der Waals surface area contributed by atoms with Crippen LogP contribution in [0.3, 0.4) is 0 Å². The summed E-state index contributed by atoms with van der Waals surface area (Å²) in [5, 5.41) is 11.5. The minimum absolute atomic E-state index is 0.0222. The van der Waals surface area contributed by atoms with Crippen molar-refractivity contribution < 1.29 is 9.94 Å². The predicted molar refractivity (Wildman–Crippen MR) is 56.7 cm³/mol. The summed E-state index contributed by atoms with van der Waals surface area (Å²) in [7, 11) is 1.70. The van der Waals surface area contributed by atoms with Crippen LogP contribution in [0.1, 0.15) is 34.6 Å². The molecular formula is C11H23NO2. The van der Waals surface area contributed by atoms with Gasteiger partial charge in [0.15, 0.2) is 0 Å². The van der Waals surface area contributed by atoms with Crippen molar-refractivity contribution in [3.05, 3.63) is 0 Å². The van der Waals surface area contributed by atoms with Crippen LogP contribution < -0.4 is 0 Å². The average Bonchev–Trinajstić information content (AvgIpc) is 2.16. The van der Waals surface area contributed by atoms with Crippen molar-refractivity contribution in [2.24, 2.45) is 11.8 Å². The zero-order valence-corrected chi connectivity index (χ0v) is 10.2. The van der Waals surface area contributed by atoms with E-state index in [0.29, 0.717) is 5.92 Å². The summed E-state index contributed by atoms with van der Waals surface area (Å²) < 4.78 is 0. The molecule has 0 saturated carbocycles. The summed E-state index contributed by atoms with van der Waals surface area (Å²) in [6.07, 6.45) is 0. The molecule has 0 aromatic carbocycles. The Labute approximate surface area is 87.0 Å². The second kappa shape index (κ2) is 3.47. The lowest BCUT2D eigenvalue weighted by Gasteiger charge is -2.39. The van der Waals surface area contributed by atoms with Gasteiger partial charge in [-0.3, -0.25) is 0 Å². The maximum absolute atomic E-state index is 9.44. The topological polar surface area (TPSA) is 32.7 Å². The van der Waals surface area contributed by atoms with Gasteiger partial charge in [0.05, 0.1) is 7.11 Å². The van der Waals surface area contributed by atoms with Gasteiger partial charge in [-0.05, 0) is 33.6 Å². The third kappa shape index (κ3) is 1.38. The first-order chi connectivity index (χ1) is 6.30. The normalized spacial score (nSPS) is 36.2. The van der Waals surface area contributed by atoms with Crippen molar-refractivity contribution in [2.45, 2.75) is 45.7 Å². The largest absolute Gasteiger partial charge is 0.396 e. The van der Waals surface area contributed by atoms with E-state index in [-0.39, 0.29) is 23.6 Å². The summed E-state index contributed by atoms with van der Waals surface area (Å²) in [4.78, 5) is 5.47. The first kappa shape index (κ1) is 12.0. The molecule has 1 rings (SSSR count). The Morgan fingerprint density at radius 1 is 1.21 bits per heavy atom. The second-order valence-electron chi connectivity index (χ2n) is 5.36. The Bertz CT molecular complexity index is 213. The van der Waals surface area contributed by atoms with Crippen LogP contribution in [-0.2, 0) is 4.84 Å². The van der Waals surface area contributed by atoms with Gasteiger partial charge in [-0.1, -0.05) is 6.92 Å². The average molecular weight is 201 g/mol. The van der Waals surface area contributed by atoms with Gasteiger partial charge < -0.3 is 9.94 Å². The SMILES string of the molecule is CON1C(C)(C)C(C)C(CO)C1(C)C. The molecule has 14 heavy (non-hydrogen) atoms. The van der Waals surface area contributed by atoms with E-state index < -0.39 is 0 Å². The number of hydrogen-bond donors (Lipinski definition) is 1. The van der Waals surface area contributed by atoms with Gasteiger partial charge in [-0.15, -0.1) is 0 Å². The minimum atomic E-state index is -0.105. The van der Waals surface area contributed by atoms with E-state index in [4.69, 9.17) is 4.84 Å². The third-order valence-corrected chi connectivity index (χ3v) is 4.05. The molecule has 1 saturated heterocycles. The standard InChI is InChI=1S/C11H23NO2/c1-8-9(7-13)11(4,5)12(14-6)10(8,2)3/h8-9,13H,7H2,1-6H3. The molecule has 2 atom stereocenters. The number of nitrogens with zero attached hydrogens (tertiary/aromatic N) is 1. The molecule has 3 nitrogen and oxygen atoms in total. The second-order valence-corrected chi connectivity index (χ2v) is 5.36. The highest BCUT2D eigenvalue weighted by Gasteiger charge is 2.56. The molecule has 1 N–H and O–H groups in total. The highest BCUT2D eigenvalue weighted by atomic mass is 16.7. The van der Waals surface area contributed by atoms with Gasteiger partial charge in [0.25, 0.3) is 0 Å². The summed E-state index contributed by atoms with van der Waals surface area (Å²) in [5.74, 6) is 0.680. The first-order valence-electron chi connectivity index (χ1n) is 5.25. The fourth-order valence-corrected chi connectivity index (χ4v) is 3.03. The van der Waals surface area contributed by atoms with Crippen LogP contribution in [0.25, 0.3) is 0 Å². The van der Waals surface area contributed by atoms with Crippen molar-refractivity contribution in [3.8, 4) is 0 Å². The zero-order valence-electron chi connectivity index (χ0n) is 10.2. The quantitative estimate of drug-likeness (QED) is 0.737. The van der Waals surface area contributed by atoms with Gasteiger partial charge in [-0.25, -0.2) is 0 Å². The third-order valence-electron chi connectivity index (χ3n) is 4.05. The molecule has 1 heterocycles. The Hall–Kier alpha value is -0.120. The molecule has 0 spiro atoms. The van der Waals surface area contributed by atoms with Crippen molar-refractivity contribution in [3.63, 3.8) is 0 Å². The van der Waals surface area contributed by atoms with E-state index in [1.165, 1.54) is 0 Å². The lowest BCUT2D eigenvalue weighted by atomic mass is 9.79. The van der Waals surface area contributed by atoms with Gasteiger partial charge in [-0.2, -0.15) is 5.06 Å². The number of aliphatic hydroxyl groups is 1. The summed E-state index contributed by atoms with van der Waals surface area (Å²) >= 11 is 0. The Morgan fingerprint density at radius 2 is 1.71 bits per heavy atom. The van der Waals surface area contributed by atoms with E-state index >= 15 is 0 Å². The van der Waals surface area contributed by atoms with Gasteiger partial charge in [0.1, 0.15) is 0 Å². The Kier molecular flexibility index (Phi) is 2.96. The highest BCUT2D eigenvalue weighted by molar-refractivity contribution is 5.06. The monoisotopic (exact) mass is 201 g/mol. The van der Waals surface area contributed by atoms with Gasteiger partial charge in [0.2, 0.25) is 0 Å². The fraction of sp³-hybridized carbons (Fsp3) is 1.00. The molecule has 84 valence electrons. The molecule has 0 amide bonds. The lowest BCUT2D eigenvalue weighted by Crippen LogP contribution is -2.49. The van der Waals surface area contributed by atoms with Gasteiger partial charge >= 0.3 is 0 Å². The van der Waals surface area contributed by atoms with Crippen LogP contribution in [0, 0.1) is 11.8 Å². The van der Waals surface area contributed by atoms with Crippen LogP contribution in [0.4, 0.5) is 0 Å². The fourth-order valence-electron chi connectivity index (χ4n) is 3.03. The van der Waals surface area contributed by atoms with Crippen LogP contribution in [0.15, 0.2) is 0 Å². The van der Waals surface area contributed by atoms with Crippen molar-refractivity contribution >= 4 is 0 Å². The lowest BCUT2D eigenvalue weighted by molar-refractivity contribution is -0.227. The van der Waals surface area contributed by atoms with Crippen LogP contribution in [0.2, 0.25) is 0 Å². The van der Waals surface area contributed by atoms with Crippen LogP contribution >= 0.6 is 0 Å². The summed E-state index contributed by atoms with van der Waals surface area (Å²) in [6, 6.07) is 0. The molecule has 0 aromatic rings. The maximum Gasteiger partial charge on any atom is 0.0575 e. The maximum atomic E-state index is 9.44. The molecule has 1 aliphatic rings.